The summed E-state index contributed by atoms with van der Waals surface area (Å²) in [6.07, 6.45) is 1.89. The van der Waals surface area contributed by atoms with E-state index in [4.69, 9.17) is 14.6 Å². The summed E-state index contributed by atoms with van der Waals surface area (Å²) in [5.41, 5.74) is 2.58. The van der Waals surface area contributed by atoms with E-state index < -0.39 is 29.3 Å². The van der Waals surface area contributed by atoms with E-state index in [9.17, 15) is 18.4 Å². The smallest absolute Gasteiger partial charge is 0.415 e. The number of aromatic carboxylic acids is 1. The highest BCUT2D eigenvalue weighted by molar-refractivity contribution is 5.92. The maximum atomic E-state index is 14.4. The third-order valence-electron chi connectivity index (χ3n) is 7.10. The van der Waals surface area contributed by atoms with Gasteiger partial charge in [0.2, 0.25) is 0 Å². The first kappa shape index (κ1) is 25.7. The van der Waals surface area contributed by atoms with Crippen LogP contribution in [0.1, 0.15) is 34.3 Å². The number of anilines is 1. The molecule has 2 fully saturated rings. The van der Waals surface area contributed by atoms with Crippen LogP contribution in [0.5, 0.6) is 0 Å². The fourth-order valence-electron chi connectivity index (χ4n) is 5.11. The van der Waals surface area contributed by atoms with Gasteiger partial charge in [-0.2, -0.15) is 0 Å². The maximum Gasteiger partial charge on any atom is 0.415 e. The lowest BCUT2D eigenvalue weighted by atomic mass is 9.90. The van der Waals surface area contributed by atoms with E-state index in [-0.39, 0.29) is 17.9 Å². The van der Waals surface area contributed by atoms with Gasteiger partial charge in [0.15, 0.2) is 5.82 Å². The average molecular weight is 524 g/mol. The minimum absolute atomic E-state index is 0.0788. The minimum atomic E-state index is -1.02. The fraction of sp³-hybridized carbons (Fsp3) is 0.321. The standard InChI is InChI=1S/C28H27F2N3O5/c1-37-16-20-12-18(2-7-23(20)25-24(30)13-21(29)14-31-25)15-32-10-8-28(9-11-32)17-33(27(36)38-28)22-5-3-19(4-6-22)26(34)35/h2-7,12-14H,8-11,15-17H2,1H3,(H,34,35). The molecule has 5 rings (SSSR count). The topological polar surface area (TPSA) is 92.2 Å². The highest BCUT2D eigenvalue weighted by atomic mass is 19.1. The van der Waals surface area contributed by atoms with Gasteiger partial charge < -0.3 is 14.6 Å². The molecule has 10 heteroatoms. The Morgan fingerprint density at radius 2 is 1.87 bits per heavy atom. The van der Waals surface area contributed by atoms with Crippen molar-refractivity contribution in [3.8, 4) is 11.3 Å². The van der Waals surface area contributed by atoms with E-state index in [2.05, 4.69) is 9.88 Å². The molecule has 1 aromatic heterocycles. The van der Waals surface area contributed by atoms with Crippen molar-refractivity contribution in [1.82, 2.24) is 9.88 Å². The number of carbonyl (C=O) groups is 2. The van der Waals surface area contributed by atoms with E-state index >= 15 is 0 Å². The van der Waals surface area contributed by atoms with Gasteiger partial charge in [-0.3, -0.25) is 14.8 Å². The molecule has 1 N–H and O–H groups in total. The molecule has 0 atom stereocenters. The number of nitrogens with zero attached hydrogens (tertiary/aromatic N) is 3. The average Bonchev–Trinajstić information content (AvgIpc) is 3.22. The summed E-state index contributed by atoms with van der Waals surface area (Å²) in [5, 5.41) is 9.10. The number of methoxy groups -OCH3 is 1. The van der Waals surface area contributed by atoms with Gasteiger partial charge in [0, 0.05) is 56.9 Å². The zero-order valence-corrected chi connectivity index (χ0v) is 20.8. The van der Waals surface area contributed by atoms with Gasteiger partial charge in [0.05, 0.1) is 24.9 Å². The molecule has 1 spiro atoms. The number of rotatable bonds is 7. The lowest BCUT2D eigenvalue weighted by molar-refractivity contribution is -0.000988. The number of carboxylic acids is 1. The number of likely N-dealkylation sites (tertiary alicyclic amines) is 1. The van der Waals surface area contributed by atoms with Crippen LogP contribution in [0.25, 0.3) is 11.3 Å². The Kier molecular flexibility index (Phi) is 7.09. The Labute approximate surface area is 218 Å². The number of ether oxygens (including phenoxy) is 2. The normalized spacial score (nSPS) is 17.1. The zero-order valence-electron chi connectivity index (χ0n) is 20.8. The van der Waals surface area contributed by atoms with Crippen molar-refractivity contribution in [2.24, 2.45) is 0 Å². The quantitative estimate of drug-likeness (QED) is 0.473. The SMILES string of the molecule is COCc1cc(CN2CCC3(CC2)CN(c2ccc(C(=O)O)cc2)C(=O)O3)ccc1-c1ncc(F)cc1F. The number of amides is 1. The molecule has 2 saturated heterocycles. The highest BCUT2D eigenvalue weighted by Gasteiger charge is 2.47. The first-order valence-corrected chi connectivity index (χ1v) is 12.3. The van der Waals surface area contributed by atoms with Gasteiger partial charge in [-0.15, -0.1) is 0 Å². The number of aromatic nitrogens is 1. The second kappa shape index (κ2) is 10.5. The Bertz CT molecular complexity index is 1360. The molecule has 38 heavy (non-hydrogen) atoms. The zero-order chi connectivity index (χ0) is 26.9. The predicted octanol–water partition coefficient (Wildman–Crippen LogP) is 4.86. The van der Waals surface area contributed by atoms with Gasteiger partial charge in [-0.05, 0) is 35.4 Å². The second-order valence-corrected chi connectivity index (χ2v) is 9.67. The highest BCUT2D eigenvalue weighted by Crippen LogP contribution is 2.36. The van der Waals surface area contributed by atoms with E-state index in [1.165, 1.54) is 12.1 Å². The van der Waals surface area contributed by atoms with Crippen LogP contribution in [-0.2, 0) is 22.6 Å². The Hall–Kier alpha value is -3.89. The molecule has 3 aromatic rings. The van der Waals surface area contributed by atoms with Crippen LogP contribution >= 0.6 is 0 Å². The summed E-state index contributed by atoms with van der Waals surface area (Å²) >= 11 is 0. The number of hydrogen-bond acceptors (Lipinski definition) is 6. The molecule has 0 unspecified atom stereocenters. The second-order valence-electron chi connectivity index (χ2n) is 9.67. The molecule has 2 aliphatic rings. The summed E-state index contributed by atoms with van der Waals surface area (Å²) in [6.45, 7) is 2.75. The first-order valence-electron chi connectivity index (χ1n) is 12.3. The Balaban J connectivity index is 1.24. The minimum Gasteiger partial charge on any atom is -0.478 e. The molecular formula is C28H27F2N3O5. The van der Waals surface area contributed by atoms with Gasteiger partial charge in [0.1, 0.15) is 17.1 Å². The lowest BCUT2D eigenvalue weighted by Crippen LogP contribution is -2.46. The van der Waals surface area contributed by atoms with E-state index in [1.807, 2.05) is 12.1 Å². The largest absolute Gasteiger partial charge is 0.478 e. The van der Waals surface area contributed by atoms with Crippen LogP contribution in [0.3, 0.4) is 0 Å². The molecule has 2 aromatic carbocycles. The molecule has 0 bridgehead atoms. The summed E-state index contributed by atoms with van der Waals surface area (Å²) in [4.78, 5) is 31.5. The Morgan fingerprint density at radius 3 is 2.53 bits per heavy atom. The number of piperidine rings is 1. The first-order chi connectivity index (χ1) is 18.3. The summed E-state index contributed by atoms with van der Waals surface area (Å²) in [6, 6.07) is 12.6. The van der Waals surface area contributed by atoms with Gasteiger partial charge in [-0.1, -0.05) is 18.2 Å². The number of carbonyl (C=O) groups excluding carboxylic acids is 1. The van der Waals surface area contributed by atoms with Crippen LogP contribution in [0.2, 0.25) is 0 Å². The molecule has 1 amide bonds. The maximum absolute atomic E-state index is 14.4. The molecule has 8 nitrogen and oxygen atoms in total. The fourth-order valence-corrected chi connectivity index (χ4v) is 5.11. The van der Waals surface area contributed by atoms with Crippen molar-refractivity contribution < 1.29 is 33.0 Å². The summed E-state index contributed by atoms with van der Waals surface area (Å²) in [5.74, 6) is -2.48. The molecule has 0 radical (unpaired) electrons. The summed E-state index contributed by atoms with van der Waals surface area (Å²) < 4.78 is 38.9. The van der Waals surface area contributed by atoms with Gasteiger partial charge >= 0.3 is 12.1 Å². The number of carboxylic acid groups (broad SMARTS) is 1. The van der Waals surface area contributed by atoms with Crippen LogP contribution in [0.15, 0.2) is 54.7 Å². The number of pyridine rings is 1. The number of halogens is 2. The molecule has 2 aliphatic heterocycles. The summed E-state index contributed by atoms with van der Waals surface area (Å²) in [7, 11) is 1.56. The van der Waals surface area contributed by atoms with E-state index in [0.717, 1.165) is 23.4 Å². The van der Waals surface area contributed by atoms with Crippen molar-refractivity contribution in [2.45, 2.75) is 31.6 Å². The van der Waals surface area contributed by atoms with Crippen molar-refractivity contribution in [1.29, 1.82) is 0 Å². The third kappa shape index (κ3) is 5.23. The van der Waals surface area contributed by atoms with Crippen LogP contribution in [0, 0.1) is 11.6 Å². The van der Waals surface area contributed by atoms with Crippen LogP contribution in [-0.4, -0.2) is 59.4 Å². The molecular weight excluding hydrogens is 496 g/mol. The lowest BCUT2D eigenvalue weighted by Gasteiger charge is -2.37. The molecule has 0 aliphatic carbocycles. The van der Waals surface area contributed by atoms with Crippen molar-refractivity contribution >= 4 is 17.7 Å². The Morgan fingerprint density at radius 1 is 1.13 bits per heavy atom. The number of hydrogen-bond donors (Lipinski definition) is 1. The van der Waals surface area contributed by atoms with Crippen LogP contribution in [0.4, 0.5) is 19.3 Å². The van der Waals surface area contributed by atoms with Crippen molar-refractivity contribution in [3.63, 3.8) is 0 Å². The van der Waals surface area contributed by atoms with Crippen molar-refractivity contribution in [2.75, 3.05) is 31.6 Å². The van der Waals surface area contributed by atoms with Gasteiger partial charge in [-0.25, -0.2) is 18.4 Å². The number of benzene rings is 2. The van der Waals surface area contributed by atoms with E-state index in [1.54, 1.807) is 30.2 Å². The molecule has 198 valence electrons. The van der Waals surface area contributed by atoms with E-state index in [0.29, 0.717) is 50.3 Å². The van der Waals surface area contributed by atoms with Gasteiger partial charge in [0.25, 0.3) is 0 Å². The third-order valence-corrected chi connectivity index (χ3v) is 7.10. The van der Waals surface area contributed by atoms with Crippen LogP contribution < -0.4 is 4.90 Å². The molecule has 3 heterocycles. The van der Waals surface area contributed by atoms with Crippen molar-refractivity contribution in [3.05, 3.63) is 83.1 Å². The predicted molar refractivity (Wildman–Crippen MR) is 135 cm³/mol. The molecule has 0 saturated carbocycles. The monoisotopic (exact) mass is 523 g/mol.